The lowest BCUT2D eigenvalue weighted by Gasteiger charge is -2.11. The zero-order valence-corrected chi connectivity index (χ0v) is 10.3. The fraction of sp³-hybridized carbons (Fsp3) is 0.600. The lowest BCUT2D eigenvalue weighted by atomic mass is 10.2. The minimum Gasteiger partial charge on any atom is -0.287 e. The van der Waals surface area contributed by atoms with Gasteiger partial charge in [-0.25, -0.2) is 4.98 Å². The van der Waals surface area contributed by atoms with Gasteiger partial charge in [-0.05, 0) is 5.92 Å². The van der Waals surface area contributed by atoms with E-state index in [-0.39, 0.29) is 11.3 Å². The average molecular weight is 245 g/mol. The number of rotatable bonds is 2. The van der Waals surface area contributed by atoms with Crippen LogP contribution in [0.1, 0.15) is 31.9 Å². The molecule has 2 rings (SSSR count). The monoisotopic (exact) mass is 244 g/mol. The number of alkyl halides is 1. The fourth-order valence-corrected chi connectivity index (χ4v) is 2.80. The van der Waals surface area contributed by atoms with E-state index in [0.29, 0.717) is 18.9 Å². The maximum atomic E-state index is 11.6. The highest BCUT2D eigenvalue weighted by Crippen LogP contribution is 2.29. The number of aromatic nitrogens is 1. The smallest absolute Gasteiger partial charge is 0.230 e. The minimum absolute atomic E-state index is 0.0658. The Hall–Kier alpha value is -0.610. The van der Waals surface area contributed by atoms with E-state index in [1.54, 1.807) is 4.90 Å². The van der Waals surface area contributed by atoms with E-state index < -0.39 is 0 Å². The van der Waals surface area contributed by atoms with Crippen molar-refractivity contribution in [2.24, 2.45) is 0 Å². The van der Waals surface area contributed by atoms with Crippen molar-refractivity contribution in [3.05, 3.63) is 11.1 Å². The molecule has 5 heteroatoms. The van der Waals surface area contributed by atoms with Crippen LogP contribution in [0.3, 0.4) is 0 Å². The highest BCUT2D eigenvalue weighted by molar-refractivity contribution is 7.14. The maximum absolute atomic E-state index is 11.6. The van der Waals surface area contributed by atoms with Gasteiger partial charge in [0.25, 0.3) is 0 Å². The molecule has 0 spiro atoms. The Labute approximate surface area is 98.1 Å². The van der Waals surface area contributed by atoms with E-state index >= 15 is 0 Å². The van der Waals surface area contributed by atoms with Crippen molar-refractivity contribution < 1.29 is 4.79 Å². The molecule has 1 fully saturated rings. The van der Waals surface area contributed by atoms with Gasteiger partial charge in [-0.2, -0.15) is 0 Å². The highest BCUT2D eigenvalue weighted by atomic mass is 35.5. The van der Waals surface area contributed by atoms with E-state index in [4.69, 9.17) is 11.6 Å². The van der Waals surface area contributed by atoms with Crippen LogP contribution < -0.4 is 4.90 Å². The van der Waals surface area contributed by atoms with Gasteiger partial charge in [0.2, 0.25) is 5.91 Å². The quantitative estimate of drug-likeness (QED) is 0.750. The number of hydrogen-bond donors (Lipinski definition) is 0. The molecule has 1 aromatic rings. The topological polar surface area (TPSA) is 33.2 Å². The standard InChI is InChI=1S/C10H13ClN2OS/c1-6(2)8-5-15-10(12-8)13-4-7(11)3-9(13)14/h5-7H,3-4H2,1-2H3. The largest absolute Gasteiger partial charge is 0.287 e. The van der Waals surface area contributed by atoms with Gasteiger partial charge in [-0.3, -0.25) is 9.69 Å². The van der Waals surface area contributed by atoms with Crippen LogP contribution in [0.2, 0.25) is 0 Å². The van der Waals surface area contributed by atoms with Crippen LogP contribution in [0.15, 0.2) is 5.38 Å². The van der Waals surface area contributed by atoms with Gasteiger partial charge in [0.05, 0.1) is 11.1 Å². The summed E-state index contributed by atoms with van der Waals surface area (Å²) in [5.41, 5.74) is 1.04. The van der Waals surface area contributed by atoms with Gasteiger partial charge < -0.3 is 0 Å². The Morgan fingerprint density at radius 1 is 1.67 bits per heavy atom. The summed E-state index contributed by atoms with van der Waals surface area (Å²) >= 11 is 7.45. The lowest BCUT2D eigenvalue weighted by molar-refractivity contribution is -0.117. The molecular formula is C10H13ClN2OS. The summed E-state index contributed by atoms with van der Waals surface area (Å²) < 4.78 is 0. The molecule has 1 aliphatic rings. The Morgan fingerprint density at radius 3 is 2.87 bits per heavy atom. The molecule has 1 unspecified atom stereocenters. The van der Waals surface area contributed by atoms with Crippen molar-refractivity contribution in [2.75, 3.05) is 11.4 Å². The molecule has 1 aromatic heterocycles. The number of hydrogen-bond acceptors (Lipinski definition) is 3. The van der Waals surface area contributed by atoms with Gasteiger partial charge in [-0.15, -0.1) is 22.9 Å². The minimum atomic E-state index is -0.0658. The van der Waals surface area contributed by atoms with Crippen LogP contribution in [-0.4, -0.2) is 22.8 Å². The molecule has 0 aromatic carbocycles. The van der Waals surface area contributed by atoms with Crippen molar-refractivity contribution in [1.82, 2.24) is 4.98 Å². The molecule has 3 nitrogen and oxygen atoms in total. The van der Waals surface area contributed by atoms with E-state index in [1.165, 1.54) is 11.3 Å². The molecule has 1 amide bonds. The number of thiazole rings is 1. The zero-order valence-electron chi connectivity index (χ0n) is 8.74. The molecule has 1 aliphatic heterocycles. The van der Waals surface area contributed by atoms with E-state index in [1.807, 2.05) is 5.38 Å². The van der Waals surface area contributed by atoms with Crippen molar-refractivity contribution in [3.63, 3.8) is 0 Å². The molecule has 15 heavy (non-hydrogen) atoms. The van der Waals surface area contributed by atoms with Crippen LogP contribution in [0.25, 0.3) is 0 Å². The first-order chi connectivity index (χ1) is 7.08. The van der Waals surface area contributed by atoms with E-state index in [2.05, 4.69) is 18.8 Å². The first kappa shape index (κ1) is 10.9. The molecule has 0 bridgehead atoms. The lowest BCUT2D eigenvalue weighted by Crippen LogP contribution is -2.24. The third-order valence-corrected chi connectivity index (χ3v) is 3.58. The van der Waals surface area contributed by atoms with E-state index in [9.17, 15) is 4.79 Å². The summed E-state index contributed by atoms with van der Waals surface area (Å²) in [5.74, 6) is 0.485. The van der Waals surface area contributed by atoms with E-state index in [0.717, 1.165) is 10.8 Å². The van der Waals surface area contributed by atoms with Crippen molar-refractivity contribution in [1.29, 1.82) is 0 Å². The Bertz CT molecular complexity index is 377. The number of nitrogens with zero attached hydrogens (tertiary/aromatic N) is 2. The van der Waals surface area contributed by atoms with Crippen LogP contribution in [-0.2, 0) is 4.79 Å². The van der Waals surface area contributed by atoms with Crippen molar-refractivity contribution >= 4 is 34.0 Å². The number of anilines is 1. The summed E-state index contributed by atoms with van der Waals surface area (Å²) in [7, 11) is 0. The molecule has 82 valence electrons. The number of amides is 1. The van der Waals surface area contributed by atoms with Gasteiger partial charge in [0.15, 0.2) is 5.13 Å². The first-order valence-electron chi connectivity index (χ1n) is 4.97. The summed E-state index contributed by atoms with van der Waals surface area (Å²) in [6.07, 6.45) is 0.429. The Balaban J connectivity index is 2.19. The van der Waals surface area contributed by atoms with Gasteiger partial charge >= 0.3 is 0 Å². The summed E-state index contributed by atoms with van der Waals surface area (Å²) in [6.45, 7) is 4.77. The predicted molar refractivity (Wildman–Crippen MR) is 62.8 cm³/mol. The van der Waals surface area contributed by atoms with Crippen LogP contribution in [0.4, 0.5) is 5.13 Å². The van der Waals surface area contributed by atoms with Crippen molar-refractivity contribution in [2.45, 2.75) is 31.6 Å². The van der Waals surface area contributed by atoms with Crippen molar-refractivity contribution in [3.8, 4) is 0 Å². The molecule has 2 heterocycles. The SMILES string of the molecule is CC(C)c1csc(N2CC(Cl)CC2=O)n1. The van der Waals surface area contributed by atoms with Crippen LogP contribution >= 0.6 is 22.9 Å². The molecule has 0 N–H and O–H groups in total. The molecule has 1 saturated heterocycles. The Kier molecular flexibility index (Phi) is 2.98. The van der Waals surface area contributed by atoms with Crippen LogP contribution in [0.5, 0.6) is 0 Å². The second-order valence-corrected chi connectivity index (χ2v) is 5.47. The molecule has 0 aliphatic carbocycles. The third-order valence-electron chi connectivity index (χ3n) is 2.41. The summed E-state index contributed by atoms with van der Waals surface area (Å²) in [4.78, 5) is 17.7. The zero-order chi connectivity index (χ0) is 11.0. The molecule has 1 atom stereocenters. The number of carbonyl (C=O) groups is 1. The summed E-state index contributed by atoms with van der Waals surface area (Å²) in [5, 5.41) is 2.73. The van der Waals surface area contributed by atoms with Crippen LogP contribution in [0, 0.1) is 0 Å². The number of halogens is 1. The molecule has 0 saturated carbocycles. The first-order valence-corrected chi connectivity index (χ1v) is 6.29. The normalized spacial score (nSPS) is 21.7. The van der Waals surface area contributed by atoms with Gasteiger partial charge in [0, 0.05) is 18.3 Å². The third kappa shape index (κ3) is 2.16. The second kappa shape index (κ2) is 4.10. The predicted octanol–water partition coefficient (Wildman–Crippen LogP) is 2.61. The van der Waals surface area contributed by atoms with Gasteiger partial charge in [-0.1, -0.05) is 13.8 Å². The second-order valence-electron chi connectivity index (χ2n) is 4.02. The maximum Gasteiger partial charge on any atom is 0.230 e. The fourth-order valence-electron chi connectivity index (χ4n) is 1.51. The van der Waals surface area contributed by atoms with Gasteiger partial charge in [0.1, 0.15) is 0 Å². The molecule has 0 radical (unpaired) electrons. The highest BCUT2D eigenvalue weighted by Gasteiger charge is 2.30. The molecular weight excluding hydrogens is 232 g/mol. The average Bonchev–Trinajstić information content (AvgIpc) is 2.71. The Morgan fingerprint density at radius 2 is 2.40 bits per heavy atom. The number of carbonyl (C=O) groups excluding carboxylic acids is 1. The summed E-state index contributed by atoms with van der Waals surface area (Å²) in [6, 6.07) is 0.